The summed E-state index contributed by atoms with van der Waals surface area (Å²) in [6, 6.07) is 206. The molecule has 0 atom stereocenters. The molecule has 0 bridgehead atoms. The normalized spacial score (nSPS) is 12.1. The molecule has 0 N–H and O–H groups in total. The summed E-state index contributed by atoms with van der Waals surface area (Å²) in [6.07, 6.45) is 0. The van der Waals surface area contributed by atoms with Gasteiger partial charge in [0.05, 0.1) is 27.5 Å². The second-order valence-electron chi connectivity index (χ2n) is 37.6. The third-order valence-electron chi connectivity index (χ3n) is 29.8. The molecule has 27 aromatic rings. The fourth-order valence-electron chi connectivity index (χ4n) is 23.4. The molecule has 25 aromatic carbocycles. The average Bonchev–Trinajstić information content (AvgIpc) is 1.54. The minimum Gasteiger partial charge on any atom is -0.310 e. The summed E-state index contributed by atoms with van der Waals surface area (Å²) >= 11 is 0. The molecule has 0 saturated carbocycles. The summed E-state index contributed by atoms with van der Waals surface area (Å²) in [6.45, 7) is 0. The van der Waals surface area contributed by atoms with Crippen LogP contribution >= 0.6 is 0 Å². The van der Waals surface area contributed by atoms with Gasteiger partial charge in [-0.2, -0.15) is 0 Å². The lowest BCUT2D eigenvalue weighted by Gasteiger charge is -2.35. The number of hydrogen-bond acceptors (Lipinski definition) is 2. The number of aromatic nitrogens is 2. The van der Waals surface area contributed by atoms with Crippen LogP contribution in [0.25, 0.3) is 198 Å². The van der Waals surface area contributed by atoms with E-state index in [0.717, 1.165) is 45.5 Å². The number of fused-ring (bicyclic) bond motifs is 15. The lowest BCUT2D eigenvalue weighted by molar-refractivity contribution is 0.769. The van der Waals surface area contributed by atoms with Crippen LogP contribution in [0.1, 0.15) is 22.3 Å². The van der Waals surface area contributed by atoms with E-state index >= 15 is 0 Å². The van der Waals surface area contributed by atoms with Gasteiger partial charge in [-0.3, -0.25) is 0 Å². The zero-order valence-electron chi connectivity index (χ0n) is 78.4. The van der Waals surface area contributed by atoms with Crippen molar-refractivity contribution in [3.05, 3.63) is 580 Å². The van der Waals surface area contributed by atoms with E-state index in [9.17, 15) is 0 Å². The van der Waals surface area contributed by atoms with Gasteiger partial charge in [0.2, 0.25) is 0 Å². The molecular formula is C139H92N4. The predicted octanol–water partition coefficient (Wildman–Crippen LogP) is 37.8. The maximum atomic E-state index is 2.53. The van der Waals surface area contributed by atoms with Crippen molar-refractivity contribution in [2.45, 2.75) is 5.41 Å². The standard InChI is InChI=1S/C79H52N2.C60H40N2/c1-5-22-55(23-6-1)77-68-32-15-17-34-70(68)78(71-35-18-16-33-69(71)77)58-41-46-65-66-47-44-64(52-74(66)79(73(65)50-58,59-25-7-2-8-26-59)60-27-9-3-10-28-60)80(62-42-39-54(40-43-62)57-38-37-53-21-13-14-24-56(53)49-57)63-45-48-76-72(51-63)67-31-19-20-36-75(67)81(76)61-29-11-4-12-30-61;1-3-16-43(17-4-1)59-52-22-9-11-24-54(52)60(55-25-12-10-23-53(55)59)44-31-35-49(36-32-44)61(48-33-29-42(30-34-48)46-28-27-41-15-7-8-18-45(41)39-46)50-37-38-58-56(40-50)51-21-13-14-26-57(51)62(58)47-19-5-2-6-20-47/h1-52H;1-40H. The van der Waals surface area contributed by atoms with Crippen molar-refractivity contribution >= 4 is 142 Å². The predicted molar refractivity (Wildman–Crippen MR) is 606 cm³/mol. The second-order valence-corrected chi connectivity index (χ2v) is 37.6. The van der Waals surface area contributed by atoms with Crippen LogP contribution in [0.2, 0.25) is 0 Å². The Hall–Kier alpha value is -18.7. The number of anilines is 6. The van der Waals surface area contributed by atoms with Gasteiger partial charge in [0.25, 0.3) is 0 Å². The molecule has 143 heavy (non-hydrogen) atoms. The first-order chi connectivity index (χ1) is 70.9. The Balaban J connectivity index is 0.000000148. The monoisotopic (exact) mass is 1820 g/mol. The first-order valence-corrected chi connectivity index (χ1v) is 49.4. The summed E-state index contributed by atoms with van der Waals surface area (Å²) in [5.41, 5.74) is 34.9. The van der Waals surface area contributed by atoms with E-state index in [-0.39, 0.29) is 0 Å². The van der Waals surface area contributed by atoms with E-state index in [1.54, 1.807) is 0 Å². The number of rotatable bonds is 16. The van der Waals surface area contributed by atoms with Gasteiger partial charge in [0.1, 0.15) is 0 Å². The Morgan fingerprint density at radius 1 is 0.147 bits per heavy atom. The zero-order chi connectivity index (χ0) is 94.4. The first-order valence-electron chi connectivity index (χ1n) is 49.4. The molecule has 0 saturated heterocycles. The number of nitrogens with zero attached hydrogens (tertiary/aromatic N) is 4. The zero-order valence-corrected chi connectivity index (χ0v) is 78.4. The molecule has 0 radical (unpaired) electrons. The molecule has 4 nitrogen and oxygen atoms in total. The van der Waals surface area contributed by atoms with Gasteiger partial charge in [0.15, 0.2) is 0 Å². The summed E-state index contributed by atoms with van der Waals surface area (Å²) < 4.78 is 4.78. The highest BCUT2D eigenvalue weighted by molar-refractivity contribution is 6.24. The quantitative estimate of drug-likeness (QED) is 0.0897. The van der Waals surface area contributed by atoms with Gasteiger partial charge in [0, 0.05) is 67.0 Å². The van der Waals surface area contributed by atoms with Gasteiger partial charge < -0.3 is 18.9 Å². The van der Waals surface area contributed by atoms with E-state index in [1.165, 1.54) is 208 Å². The lowest BCUT2D eigenvalue weighted by atomic mass is 9.67. The molecule has 1 aliphatic rings. The minimum atomic E-state index is -0.687. The summed E-state index contributed by atoms with van der Waals surface area (Å²) in [4.78, 5) is 4.87. The average molecular weight is 1820 g/mol. The summed E-state index contributed by atoms with van der Waals surface area (Å²) in [5.74, 6) is 0. The lowest BCUT2D eigenvalue weighted by Crippen LogP contribution is -2.28. The molecule has 1 aliphatic carbocycles. The molecule has 0 unspecified atom stereocenters. The maximum Gasteiger partial charge on any atom is 0.0714 e. The van der Waals surface area contributed by atoms with Gasteiger partial charge in [-0.05, 0) is 304 Å². The van der Waals surface area contributed by atoms with Crippen LogP contribution in [-0.2, 0) is 5.41 Å². The maximum absolute atomic E-state index is 2.53. The number of hydrogen-bond donors (Lipinski definition) is 0. The van der Waals surface area contributed by atoms with E-state index in [4.69, 9.17) is 0 Å². The SMILES string of the molecule is c1ccc(-c2c3ccccc3c(-c3ccc(N(c4ccc(-c5ccc6ccccc6c5)cc4)c4ccc5c(c4)c4ccccc4n5-c4ccccc4)cc3)c3ccccc23)cc1.c1ccc(-c2c3ccccc3c(-c3ccc4c(c3)C(c3ccccc3)(c3ccccc3)c3cc(N(c5ccc(-c6ccc7ccccc7c6)cc5)c5ccc6c(c5)c5ccccc5n6-c5ccccc5)ccc3-4)c3ccccc23)cc1. The molecule has 0 aliphatic heterocycles. The van der Waals surface area contributed by atoms with E-state index in [2.05, 4.69) is 577 Å². The molecule has 0 fully saturated rings. The fraction of sp³-hybridized carbons (Fsp3) is 0.00719. The van der Waals surface area contributed by atoms with Crippen LogP contribution in [0.15, 0.2) is 558 Å². The van der Waals surface area contributed by atoms with Gasteiger partial charge >= 0.3 is 0 Å². The highest BCUT2D eigenvalue weighted by Crippen LogP contribution is 2.60. The van der Waals surface area contributed by atoms with Crippen LogP contribution in [-0.4, -0.2) is 9.13 Å². The van der Waals surface area contributed by atoms with Crippen molar-refractivity contribution < 1.29 is 0 Å². The Morgan fingerprint density at radius 3 is 0.797 bits per heavy atom. The molecule has 0 amide bonds. The molecule has 2 heterocycles. The van der Waals surface area contributed by atoms with Gasteiger partial charge in [-0.25, -0.2) is 0 Å². The summed E-state index contributed by atoms with van der Waals surface area (Å²) in [5, 5.41) is 19.8. The largest absolute Gasteiger partial charge is 0.310 e. The molecular weight excluding hydrogens is 1730 g/mol. The van der Waals surface area contributed by atoms with E-state index in [0.29, 0.717) is 0 Å². The fourth-order valence-corrected chi connectivity index (χ4v) is 23.4. The Morgan fingerprint density at radius 2 is 0.406 bits per heavy atom. The van der Waals surface area contributed by atoms with Crippen LogP contribution in [0.4, 0.5) is 34.1 Å². The van der Waals surface area contributed by atoms with E-state index in [1.807, 2.05) is 0 Å². The van der Waals surface area contributed by atoms with Gasteiger partial charge in [-0.1, -0.05) is 419 Å². The highest BCUT2D eigenvalue weighted by Gasteiger charge is 2.47. The second kappa shape index (κ2) is 35.1. The summed E-state index contributed by atoms with van der Waals surface area (Å²) in [7, 11) is 0. The number of para-hydroxylation sites is 4. The molecule has 0 spiro atoms. The van der Waals surface area contributed by atoms with Crippen molar-refractivity contribution in [2.75, 3.05) is 9.80 Å². The van der Waals surface area contributed by atoms with Crippen LogP contribution in [0, 0.1) is 0 Å². The van der Waals surface area contributed by atoms with Crippen molar-refractivity contribution in [1.29, 1.82) is 0 Å². The Labute approximate surface area is 830 Å². The third-order valence-corrected chi connectivity index (χ3v) is 29.8. The van der Waals surface area contributed by atoms with Crippen molar-refractivity contribution in [1.82, 2.24) is 9.13 Å². The molecule has 28 rings (SSSR count). The van der Waals surface area contributed by atoms with Gasteiger partial charge in [-0.15, -0.1) is 0 Å². The minimum absolute atomic E-state index is 0.687. The molecule has 2 aromatic heterocycles. The van der Waals surface area contributed by atoms with Crippen molar-refractivity contribution in [2.24, 2.45) is 0 Å². The highest BCUT2D eigenvalue weighted by atomic mass is 15.2. The van der Waals surface area contributed by atoms with E-state index < -0.39 is 5.41 Å². The Kier molecular flexibility index (Phi) is 20.5. The first kappa shape index (κ1) is 83.6. The molecule has 668 valence electrons. The topological polar surface area (TPSA) is 16.3 Å². The Bertz CT molecular complexity index is 9460. The third kappa shape index (κ3) is 14.2. The van der Waals surface area contributed by atoms with Crippen molar-refractivity contribution in [3.8, 4) is 89.3 Å². The molecule has 4 heteroatoms. The number of benzene rings is 25. The van der Waals surface area contributed by atoms with Crippen molar-refractivity contribution in [3.63, 3.8) is 0 Å². The van der Waals surface area contributed by atoms with Crippen LogP contribution in [0.5, 0.6) is 0 Å². The van der Waals surface area contributed by atoms with Crippen LogP contribution < -0.4 is 9.80 Å². The van der Waals surface area contributed by atoms with Crippen LogP contribution in [0.3, 0.4) is 0 Å². The smallest absolute Gasteiger partial charge is 0.0714 e.